The number of rotatable bonds is 3. The average molecular weight is 323 g/mol. The molecule has 0 aliphatic heterocycles. The standard InChI is InChI=1S/C18H21N5O/c1-18(24)9-6-14(7-10-18)21-17-19-11-8-16(22-17)23-15-5-3-2-4-13(15)12-20-23/h2-5,8,11-12,14,24H,6-7,9-10H2,1H3,(H,19,21,22)/t14-,18+. The van der Waals surface area contributed by atoms with E-state index in [2.05, 4.69) is 20.4 Å². The maximum absolute atomic E-state index is 10.1. The number of hydrogen-bond donors (Lipinski definition) is 2. The fourth-order valence-corrected chi connectivity index (χ4v) is 3.26. The Balaban J connectivity index is 1.56. The molecule has 2 N–H and O–H groups in total. The third kappa shape index (κ3) is 2.97. The number of nitrogens with zero attached hydrogens (tertiary/aromatic N) is 4. The summed E-state index contributed by atoms with van der Waals surface area (Å²) in [5, 5.41) is 19.0. The van der Waals surface area contributed by atoms with Crippen molar-refractivity contribution < 1.29 is 5.11 Å². The van der Waals surface area contributed by atoms with Crippen molar-refractivity contribution in [2.24, 2.45) is 0 Å². The molecule has 0 saturated heterocycles. The van der Waals surface area contributed by atoms with Crippen molar-refractivity contribution in [2.45, 2.75) is 44.2 Å². The molecule has 0 amide bonds. The lowest BCUT2D eigenvalue weighted by Crippen LogP contribution is -2.36. The van der Waals surface area contributed by atoms with Gasteiger partial charge in [-0.3, -0.25) is 0 Å². The monoisotopic (exact) mass is 323 g/mol. The van der Waals surface area contributed by atoms with Crippen LogP contribution in [0.15, 0.2) is 42.7 Å². The smallest absolute Gasteiger partial charge is 0.224 e. The highest BCUT2D eigenvalue weighted by Gasteiger charge is 2.28. The summed E-state index contributed by atoms with van der Waals surface area (Å²) in [5.41, 5.74) is 0.491. The number of aromatic nitrogens is 4. The average Bonchev–Trinajstić information content (AvgIpc) is 3.01. The molecule has 6 nitrogen and oxygen atoms in total. The summed E-state index contributed by atoms with van der Waals surface area (Å²) in [6.45, 7) is 1.91. The Labute approximate surface area is 140 Å². The van der Waals surface area contributed by atoms with E-state index in [1.54, 1.807) is 6.20 Å². The van der Waals surface area contributed by atoms with Crippen LogP contribution in [-0.4, -0.2) is 36.5 Å². The number of hydrogen-bond acceptors (Lipinski definition) is 5. The zero-order valence-corrected chi connectivity index (χ0v) is 13.7. The van der Waals surface area contributed by atoms with Gasteiger partial charge in [-0.15, -0.1) is 0 Å². The lowest BCUT2D eigenvalue weighted by atomic mass is 9.84. The molecular formula is C18H21N5O. The molecule has 1 saturated carbocycles. The quantitative estimate of drug-likeness (QED) is 0.775. The molecule has 4 rings (SSSR count). The number of para-hydroxylation sites is 1. The third-order valence-electron chi connectivity index (χ3n) is 4.73. The Morgan fingerprint density at radius 3 is 2.83 bits per heavy atom. The summed E-state index contributed by atoms with van der Waals surface area (Å²) in [7, 11) is 0. The van der Waals surface area contributed by atoms with E-state index in [0.717, 1.165) is 42.4 Å². The van der Waals surface area contributed by atoms with E-state index in [9.17, 15) is 5.11 Å². The Hall–Kier alpha value is -2.47. The van der Waals surface area contributed by atoms with Crippen LogP contribution in [0.1, 0.15) is 32.6 Å². The predicted octanol–water partition coefficient (Wildman–Crippen LogP) is 2.92. The Morgan fingerprint density at radius 2 is 2.00 bits per heavy atom. The Bertz CT molecular complexity index is 847. The number of benzene rings is 1. The van der Waals surface area contributed by atoms with Crippen LogP contribution in [0.4, 0.5) is 5.95 Å². The summed E-state index contributed by atoms with van der Waals surface area (Å²) in [4.78, 5) is 8.95. The molecule has 124 valence electrons. The van der Waals surface area contributed by atoms with Gasteiger partial charge in [0.15, 0.2) is 5.82 Å². The van der Waals surface area contributed by atoms with Gasteiger partial charge in [0, 0.05) is 23.7 Å². The fourth-order valence-electron chi connectivity index (χ4n) is 3.26. The van der Waals surface area contributed by atoms with Gasteiger partial charge in [-0.05, 0) is 38.7 Å². The van der Waals surface area contributed by atoms with Crippen LogP contribution in [-0.2, 0) is 0 Å². The largest absolute Gasteiger partial charge is 0.390 e. The number of aliphatic hydroxyl groups is 1. The summed E-state index contributed by atoms with van der Waals surface area (Å²) >= 11 is 0. The molecule has 0 spiro atoms. The van der Waals surface area contributed by atoms with E-state index in [4.69, 9.17) is 0 Å². The summed E-state index contributed by atoms with van der Waals surface area (Å²) < 4.78 is 1.83. The van der Waals surface area contributed by atoms with Crippen LogP contribution in [0.3, 0.4) is 0 Å². The molecule has 1 aliphatic carbocycles. The van der Waals surface area contributed by atoms with Crippen molar-refractivity contribution >= 4 is 16.9 Å². The Kier molecular flexibility index (Phi) is 3.69. The van der Waals surface area contributed by atoms with Crippen LogP contribution in [0.2, 0.25) is 0 Å². The second kappa shape index (κ2) is 5.87. The van der Waals surface area contributed by atoms with Gasteiger partial charge >= 0.3 is 0 Å². The Morgan fingerprint density at radius 1 is 1.21 bits per heavy atom. The lowest BCUT2D eigenvalue weighted by Gasteiger charge is -2.33. The number of anilines is 1. The zero-order valence-electron chi connectivity index (χ0n) is 13.7. The molecule has 0 atom stereocenters. The predicted molar refractivity (Wildman–Crippen MR) is 93.2 cm³/mol. The summed E-state index contributed by atoms with van der Waals surface area (Å²) in [5.74, 6) is 1.36. The highest BCUT2D eigenvalue weighted by molar-refractivity contribution is 5.79. The van der Waals surface area contributed by atoms with Gasteiger partial charge in [0.05, 0.1) is 17.3 Å². The van der Waals surface area contributed by atoms with E-state index >= 15 is 0 Å². The lowest BCUT2D eigenvalue weighted by molar-refractivity contribution is 0.0195. The van der Waals surface area contributed by atoms with Crippen LogP contribution >= 0.6 is 0 Å². The van der Waals surface area contributed by atoms with E-state index < -0.39 is 5.60 Å². The SMILES string of the molecule is C[C@]1(O)CC[C@@H](Nc2nccc(-n3ncc4ccccc43)n2)CC1. The van der Waals surface area contributed by atoms with Crippen molar-refractivity contribution in [1.29, 1.82) is 0 Å². The fraction of sp³-hybridized carbons (Fsp3) is 0.389. The van der Waals surface area contributed by atoms with Crippen LogP contribution in [0, 0.1) is 0 Å². The first-order valence-corrected chi connectivity index (χ1v) is 8.36. The highest BCUT2D eigenvalue weighted by Crippen LogP contribution is 2.29. The minimum absolute atomic E-state index is 0.301. The first kappa shape index (κ1) is 15.1. The van der Waals surface area contributed by atoms with Gasteiger partial charge in [-0.25, -0.2) is 9.67 Å². The zero-order chi connectivity index (χ0) is 16.6. The normalized spacial score (nSPS) is 24.2. The molecule has 3 aromatic rings. The van der Waals surface area contributed by atoms with Gasteiger partial charge < -0.3 is 10.4 Å². The number of nitrogens with one attached hydrogen (secondary N) is 1. The third-order valence-corrected chi connectivity index (χ3v) is 4.73. The maximum Gasteiger partial charge on any atom is 0.224 e. The van der Waals surface area contributed by atoms with Crippen LogP contribution < -0.4 is 5.32 Å². The molecule has 0 unspecified atom stereocenters. The first-order valence-electron chi connectivity index (χ1n) is 8.36. The van der Waals surface area contributed by atoms with Crippen molar-refractivity contribution in [1.82, 2.24) is 19.7 Å². The van der Waals surface area contributed by atoms with Gasteiger partial charge in [0.25, 0.3) is 0 Å². The number of fused-ring (bicyclic) bond motifs is 1. The van der Waals surface area contributed by atoms with Crippen molar-refractivity contribution in [3.63, 3.8) is 0 Å². The summed E-state index contributed by atoms with van der Waals surface area (Å²) in [6.07, 6.45) is 7.03. The van der Waals surface area contributed by atoms with Gasteiger partial charge in [0.1, 0.15) is 0 Å². The molecule has 1 aromatic carbocycles. The van der Waals surface area contributed by atoms with Gasteiger partial charge in [0.2, 0.25) is 5.95 Å². The second-order valence-electron chi connectivity index (χ2n) is 6.77. The van der Waals surface area contributed by atoms with E-state index in [1.807, 2.05) is 48.1 Å². The summed E-state index contributed by atoms with van der Waals surface area (Å²) in [6, 6.07) is 10.2. The molecule has 24 heavy (non-hydrogen) atoms. The van der Waals surface area contributed by atoms with Crippen LogP contribution in [0.5, 0.6) is 0 Å². The first-order chi connectivity index (χ1) is 11.6. The van der Waals surface area contributed by atoms with Crippen LogP contribution in [0.25, 0.3) is 16.7 Å². The molecule has 1 aliphatic rings. The highest BCUT2D eigenvalue weighted by atomic mass is 16.3. The molecule has 1 fully saturated rings. The molecular weight excluding hydrogens is 302 g/mol. The van der Waals surface area contributed by atoms with Crippen molar-refractivity contribution in [3.05, 3.63) is 42.7 Å². The second-order valence-corrected chi connectivity index (χ2v) is 6.77. The van der Waals surface area contributed by atoms with Crippen molar-refractivity contribution in [3.8, 4) is 5.82 Å². The van der Waals surface area contributed by atoms with E-state index in [-0.39, 0.29) is 0 Å². The topological polar surface area (TPSA) is 75.9 Å². The minimum Gasteiger partial charge on any atom is -0.390 e. The van der Waals surface area contributed by atoms with Gasteiger partial charge in [-0.2, -0.15) is 10.1 Å². The molecule has 0 radical (unpaired) electrons. The van der Waals surface area contributed by atoms with E-state index in [1.165, 1.54) is 0 Å². The van der Waals surface area contributed by atoms with E-state index in [0.29, 0.717) is 12.0 Å². The molecule has 0 bridgehead atoms. The molecule has 2 aromatic heterocycles. The minimum atomic E-state index is -0.533. The maximum atomic E-state index is 10.1. The van der Waals surface area contributed by atoms with Gasteiger partial charge in [-0.1, -0.05) is 18.2 Å². The molecule has 6 heteroatoms. The van der Waals surface area contributed by atoms with Crippen molar-refractivity contribution in [2.75, 3.05) is 5.32 Å². The molecule has 2 heterocycles.